The van der Waals surface area contributed by atoms with Crippen LogP contribution in [0.5, 0.6) is 0 Å². The van der Waals surface area contributed by atoms with Gasteiger partial charge in [-0.05, 0) is 41.9 Å². The molecule has 1 saturated carbocycles. The molecule has 0 radical (unpaired) electrons. The van der Waals surface area contributed by atoms with Crippen molar-refractivity contribution in [1.82, 2.24) is 5.32 Å². The number of carboxylic acid groups (broad SMARTS) is 1. The van der Waals surface area contributed by atoms with Crippen LogP contribution in [0.1, 0.15) is 61.9 Å². The number of carboxylic acids is 1. The second kappa shape index (κ2) is 7.08. The van der Waals surface area contributed by atoms with E-state index in [1.807, 2.05) is 12.1 Å². The molecule has 0 spiro atoms. The van der Waals surface area contributed by atoms with Crippen molar-refractivity contribution < 1.29 is 9.90 Å². The number of aromatic carboxylic acids is 1. The van der Waals surface area contributed by atoms with E-state index < -0.39 is 5.97 Å². The summed E-state index contributed by atoms with van der Waals surface area (Å²) in [7, 11) is 0. The summed E-state index contributed by atoms with van der Waals surface area (Å²) >= 11 is 0. The summed E-state index contributed by atoms with van der Waals surface area (Å²) in [6.07, 6.45) is 6.88. The van der Waals surface area contributed by atoms with Crippen molar-refractivity contribution in [3.8, 4) is 0 Å². The molecule has 3 heteroatoms. The molecule has 116 valence electrons. The Morgan fingerprint density at radius 2 is 1.81 bits per heavy atom. The first kappa shape index (κ1) is 16.0. The molecule has 0 heterocycles. The highest BCUT2D eigenvalue weighted by atomic mass is 16.4. The Morgan fingerprint density at radius 3 is 2.38 bits per heavy atom. The smallest absolute Gasteiger partial charge is 0.335 e. The summed E-state index contributed by atoms with van der Waals surface area (Å²) in [6, 6.07) is 7.13. The Hall–Kier alpha value is -1.35. The highest BCUT2D eigenvalue weighted by Crippen LogP contribution is 2.37. The van der Waals surface area contributed by atoms with Gasteiger partial charge in [0.05, 0.1) is 5.56 Å². The maximum absolute atomic E-state index is 10.8. The minimum atomic E-state index is -0.868. The quantitative estimate of drug-likeness (QED) is 0.829. The van der Waals surface area contributed by atoms with E-state index >= 15 is 0 Å². The van der Waals surface area contributed by atoms with E-state index in [-0.39, 0.29) is 0 Å². The summed E-state index contributed by atoms with van der Waals surface area (Å²) in [4.78, 5) is 10.8. The SMILES string of the molecule is CC(C)(CNCc1ccc(C(=O)O)cc1)C1CCCCC1. The highest BCUT2D eigenvalue weighted by Gasteiger charge is 2.29. The van der Waals surface area contributed by atoms with Crippen LogP contribution in [0.4, 0.5) is 0 Å². The largest absolute Gasteiger partial charge is 0.478 e. The number of hydrogen-bond acceptors (Lipinski definition) is 2. The molecule has 1 aliphatic rings. The van der Waals surface area contributed by atoms with Crippen LogP contribution >= 0.6 is 0 Å². The highest BCUT2D eigenvalue weighted by molar-refractivity contribution is 5.87. The van der Waals surface area contributed by atoms with Crippen LogP contribution in [0.2, 0.25) is 0 Å². The van der Waals surface area contributed by atoms with Crippen molar-refractivity contribution in [3.05, 3.63) is 35.4 Å². The van der Waals surface area contributed by atoms with Gasteiger partial charge in [0, 0.05) is 13.1 Å². The zero-order chi connectivity index (χ0) is 15.3. The second-order valence-electron chi connectivity index (χ2n) is 6.93. The molecule has 0 aromatic heterocycles. The summed E-state index contributed by atoms with van der Waals surface area (Å²) in [5.74, 6) is -0.0407. The predicted molar refractivity (Wildman–Crippen MR) is 85.5 cm³/mol. The summed E-state index contributed by atoms with van der Waals surface area (Å²) < 4.78 is 0. The zero-order valence-electron chi connectivity index (χ0n) is 13.2. The van der Waals surface area contributed by atoms with E-state index in [1.165, 1.54) is 32.1 Å². The van der Waals surface area contributed by atoms with Gasteiger partial charge in [0.1, 0.15) is 0 Å². The van der Waals surface area contributed by atoms with Crippen LogP contribution in [0, 0.1) is 11.3 Å². The summed E-state index contributed by atoms with van der Waals surface area (Å²) in [6.45, 7) is 6.54. The summed E-state index contributed by atoms with van der Waals surface area (Å²) in [5.41, 5.74) is 1.82. The van der Waals surface area contributed by atoms with E-state index in [0.29, 0.717) is 11.0 Å². The maximum Gasteiger partial charge on any atom is 0.335 e. The normalized spacial score (nSPS) is 16.9. The number of hydrogen-bond donors (Lipinski definition) is 2. The van der Waals surface area contributed by atoms with E-state index in [4.69, 9.17) is 5.11 Å². The molecule has 3 nitrogen and oxygen atoms in total. The van der Waals surface area contributed by atoms with Crippen molar-refractivity contribution in [1.29, 1.82) is 0 Å². The average molecular weight is 289 g/mol. The van der Waals surface area contributed by atoms with Crippen molar-refractivity contribution in [2.24, 2.45) is 11.3 Å². The lowest BCUT2D eigenvalue weighted by Crippen LogP contribution is -2.36. The lowest BCUT2D eigenvalue weighted by atomic mass is 9.71. The number of benzene rings is 1. The first-order chi connectivity index (χ1) is 9.99. The van der Waals surface area contributed by atoms with E-state index in [2.05, 4.69) is 19.2 Å². The lowest BCUT2D eigenvalue weighted by molar-refractivity contribution is 0.0697. The number of nitrogens with one attached hydrogen (secondary N) is 1. The van der Waals surface area contributed by atoms with Crippen LogP contribution in [-0.2, 0) is 6.54 Å². The third-order valence-corrected chi connectivity index (χ3v) is 4.82. The van der Waals surface area contributed by atoms with Crippen molar-refractivity contribution in [2.75, 3.05) is 6.54 Å². The predicted octanol–water partition coefficient (Wildman–Crippen LogP) is 4.08. The number of rotatable bonds is 6. The van der Waals surface area contributed by atoms with Gasteiger partial charge in [-0.1, -0.05) is 45.2 Å². The van der Waals surface area contributed by atoms with Gasteiger partial charge in [-0.3, -0.25) is 0 Å². The number of carbonyl (C=O) groups is 1. The van der Waals surface area contributed by atoms with Crippen LogP contribution in [0.3, 0.4) is 0 Å². The first-order valence-electron chi connectivity index (χ1n) is 8.02. The molecule has 1 aliphatic carbocycles. The average Bonchev–Trinajstić information content (AvgIpc) is 2.48. The fraction of sp³-hybridized carbons (Fsp3) is 0.611. The molecule has 0 aliphatic heterocycles. The standard InChI is InChI=1S/C18H27NO2/c1-18(2,16-6-4-3-5-7-16)13-19-12-14-8-10-15(11-9-14)17(20)21/h8-11,16,19H,3-7,12-13H2,1-2H3,(H,20,21). The van der Waals surface area contributed by atoms with Crippen LogP contribution in [0.25, 0.3) is 0 Å². The Bertz CT molecular complexity index is 459. The van der Waals surface area contributed by atoms with Gasteiger partial charge in [-0.15, -0.1) is 0 Å². The van der Waals surface area contributed by atoms with Crippen molar-refractivity contribution in [2.45, 2.75) is 52.5 Å². The lowest BCUT2D eigenvalue weighted by Gasteiger charge is -2.37. The molecule has 0 saturated heterocycles. The van der Waals surface area contributed by atoms with Gasteiger partial charge in [0.15, 0.2) is 0 Å². The van der Waals surface area contributed by atoms with Crippen molar-refractivity contribution >= 4 is 5.97 Å². The van der Waals surface area contributed by atoms with Gasteiger partial charge in [-0.2, -0.15) is 0 Å². The van der Waals surface area contributed by atoms with Gasteiger partial charge in [0.25, 0.3) is 0 Å². The fourth-order valence-electron chi connectivity index (χ4n) is 3.32. The molecule has 0 amide bonds. The first-order valence-corrected chi connectivity index (χ1v) is 8.02. The molecular weight excluding hydrogens is 262 g/mol. The van der Waals surface area contributed by atoms with Gasteiger partial charge >= 0.3 is 5.97 Å². The molecule has 1 fully saturated rings. The third kappa shape index (κ3) is 4.57. The van der Waals surface area contributed by atoms with Gasteiger partial charge in [-0.25, -0.2) is 4.79 Å². The van der Waals surface area contributed by atoms with E-state index in [0.717, 1.165) is 24.6 Å². The maximum atomic E-state index is 10.8. The molecule has 2 N–H and O–H groups in total. The van der Waals surface area contributed by atoms with Crippen LogP contribution in [-0.4, -0.2) is 17.6 Å². The van der Waals surface area contributed by atoms with Crippen LogP contribution in [0.15, 0.2) is 24.3 Å². The Balaban J connectivity index is 1.81. The minimum absolute atomic E-state index is 0.335. The van der Waals surface area contributed by atoms with E-state index in [1.54, 1.807) is 12.1 Å². The molecule has 1 aromatic carbocycles. The Kier molecular flexibility index (Phi) is 5.40. The molecule has 0 unspecified atom stereocenters. The minimum Gasteiger partial charge on any atom is -0.478 e. The molecule has 0 atom stereocenters. The van der Waals surface area contributed by atoms with Crippen molar-refractivity contribution in [3.63, 3.8) is 0 Å². The molecule has 1 aromatic rings. The monoisotopic (exact) mass is 289 g/mol. The van der Waals surface area contributed by atoms with E-state index in [9.17, 15) is 4.79 Å². The third-order valence-electron chi connectivity index (χ3n) is 4.82. The van der Waals surface area contributed by atoms with Crippen LogP contribution < -0.4 is 5.32 Å². The summed E-state index contributed by atoms with van der Waals surface area (Å²) in [5, 5.41) is 12.4. The molecule has 2 rings (SSSR count). The second-order valence-corrected chi connectivity index (χ2v) is 6.93. The Morgan fingerprint density at radius 1 is 1.19 bits per heavy atom. The molecule has 21 heavy (non-hydrogen) atoms. The zero-order valence-corrected chi connectivity index (χ0v) is 13.2. The fourth-order valence-corrected chi connectivity index (χ4v) is 3.32. The van der Waals surface area contributed by atoms with Gasteiger partial charge in [0.2, 0.25) is 0 Å². The topological polar surface area (TPSA) is 49.3 Å². The Labute approximate surface area is 127 Å². The molecular formula is C18H27NO2. The molecule has 0 bridgehead atoms. The van der Waals surface area contributed by atoms with Gasteiger partial charge < -0.3 is 10.4 Å².